The van der Waals surface area contributed by atoms with Crippen molar-refractivity contribution in [3.05, 3.63) is 0 Å². The van der Waals surface area contributed by atoms with E-state index in [1.807, 2.05) is 0 Å². The van der Waals surface area contributed by atoms with Crippen molar-refractivity contribution < 1.29 is 0 Å². The zero-order chi connectivity index (χ0) is 10.9. The minimum absolute atomic E-state index is 0.588. The molecular formula is C13H26N2. The van der Waals surface area contributed by atoms with Gasteiger partial charge in [0.2, 0.25) is 0 Å². The van der Waals surface area contributed by atoms with E-state index in [1.165, 1.54) is 45.4 Å². The van der Waals surface area contributed by atoms with Crippen LogP contribution in [0.25, 0.3) is 0 Å². The molecule has 2 fully saturated rings. The maximum Gasteiger partial charge on any atom is 0.0223 e. The first-order valence-electron chi connectivity index (χ1n) is 6.52. The van der Waals surface area contributed by atoms with Crippen LogP contribution in [-0.4, -0.2) is 37.1 Å². The molecule has 0 amide bonds. The molecule has 0 aromatic carbocycles. The van der Waals surface area contributed by atoms with Crippen LogP contribution in [0.5, 0.6) is 0 Å². The molecule has 2 saturated heterocycles. The van der Waals surface area contributed by atoms with Gasteiger partial charge in [-0.25, -0.2) is 0 Å². The second-order valence-corrected chi connectivity index (χ2v) is 6.35. The summed E-state index contributed by atoms with van der Waals surface area (Å²) < 4.78 is 0. The third-order valence-electron chi connectivity index (χ3n) is 4.22. The lowest BCUT2D eigenvalue weighted by atomic mass is 9.81. The molecule has 2 aliphatic rings. The molecule has 2 unspecified atom stereocenters. The lowest BCUT2D eigenvalue weighted by Gasteiger charge is -2.43. The lowest BCUT2D eigenvalue weighted by molar-refractivity contribution is 0.0727. The molecule has 0 aromatic rings. The van der Waals surface area contributed by atoms with Crippen LogP contribution < -0.4 is 5.32 Å². The molecule has 2 heteroatoms. The summed E-state index contributed by atoms with van der Waals surface area (Å²) in [5.74, 6) is 0.860. The monoisotopic (exact) mass is 210 g/mol. The van der Waals surface area contributed by atoms with Gasteiger partial charge in [0.1, 0.15) is 0 Å². The van der Waals surface area contributed by atoms with Gasteiger partial charge in [-0.3, -0.25) is 4.90 Å². The van der Waals surface area contributed by atoms with Gasteiger partial charge in [-0.05, 0) is 50.2 Å². The molecule has 2 nitrogen and oxygen atoms in total. The van der Waals surface area contributed by atoms with Gasteiger partial charge in [0.15, 0.2) is 0 Å². The van der Waals surface area contributed by atoms with Crippen molar-refractivity contribution in [2.45, 2.75) is 46.1 Å². The standard InChI is InChI=1S/C13H26N2/c1-11-8-12(10-14-9-11)15-6-4-13(2,3)5-7-15/h11-12,14H,4-10H2,1-3H3. The van der Waals surface area contributed by atoms with Gasteiger partial charge in [0.05, 0.1) is 0 Å². The highest BCUT2D eigenvalue weighted by Gasteiger charge is 2.30. The summed E-state index contributed by atoms with van der Waals surface area (Å²) >= 11 is 0. The third kappa shape index (κ3) is 2.94. The Bertz CT molecular complexity index is 203. The number of piperidine rings is 2. The van der Waals surface area contributed by atoms with E-state index in [0.29, 0.717) is 5.41 Å². The molecule has 0 saturated carbocycles. The minimum Gasteiger partial charge on any atom is -0.315 e. The molecule has 1 N–H and O–H groups in total. The van der Waals surface area contributed by atoms with Crippen LogP contribution in [0.3, 0.4) is 0 Å². The Hall–Kier alpha value is -0.0800. The Morgan fingerprint density at radius 1 is 1.13 bits per heavy atom. The van der Waals surface area contributed by atoms with Gasteiger partial charge in [0, 0.05) is 12.6 Å². The summed E-state index contributed by atoms with van der Waals surface area (Å²) in [6, 6.07) is 0.810. The van der Waals surface area contributed by atoms with E-state index in [9.17, 15) is 0 Å². The van der Waals surface area contributed by atoms with Gasteiger partial charge >= 0.3 is 0 Å². The molecule has 0 bridgehead atoms. The third-order valence-corrected chi connectivity index (χ3v) is 4.22. The Morgan fingerprint density at radius 2 is 1.80 bits per heavy atom. The predicted molar refractivity (Wildman–Crippen MR) is 65.0 cm³/mol. The van der Waals surface area contributed by atoms with Gasteiger partial charge in [-0.15, -0.1) is 0 Å². The van der Waals surface area contributed by atoms with Crippen molar-refractivity contribution in [2.75, 3.05) is 26.2 Å². The van der Waals surface area contributed by atoms with Gasteiger partial charge in [-0.2, -0.15) is 0 Å². The quantitative estimate of drug-likeness (QED) is 0.713. The Morgan fingerprint density at radius 3 is 2.40 bits per heavy atom. The zero-order valence-electron chi connectivity index (χ0n) is 10.6. The maximum absolute atomic E-state index is 3.56. The predicted octanol–water partition coefficient (Wildman–Crippen LogP) is 2.11. The molecule has 0 radical (unpaired) electrons. The SMILES string of the molecule is CC1CNCC(N2CCC(C)(C)CC2)C1. The fourth-order valence-corrected chi connectivity index (χ4v) is 2.90. The second kappa shape index (κ2) is 4.42. The molecule has 2 rings (SSSR count). The summed E-state index contributed by atoms with van der Waals surface area (Å²) in [6.45, 7) is 12.2. The number of nitrogens with zero attached hydrogens (tertiary/aromatic N) is 1. The normalized spacial score (nSPS) is 37.8. The van der Waals surface area contributed by atoms with Crippen LogP contribution in [0.2, 0.25) is 0 Å². The van der Waals surface area contributed by atoms with Crippen molar-refractivity contribution >= 4 is 0 Å². The Kier molecular flexibility index (Phi) is 3.36. The van der Waals surface area contributed by atoms with Crippen LogP contribution in [0.1, 0.15) is 40.0 Å². The summed E-state index contributed by atoms with van der Waals surface area (Å²) in [6.07, 6.45) is 4.14. The molecule has 15 heavy (non-hydrogen) atoms. The molecular weight excluding hydrogens is 184 g/mol. The summed E-state index contributed by atoms with van der Waals surface area (Å²) in [5, 5.41) is 3.56. The largest absolute Gasteiger partial charge is 0.315 e. The average molecular weight is 210 g/mol. The molecule has 0 aliphatic carbocycles. The molecule has 2 heterocycles. The fraction of sp³-hybridized carbons (Fsp3) is 1.00. The van der Waals surface area contributed by atoms with E-state index < -0.39 is 0 Å². The average Bonchev–Trinajstić information content (AvgIpc) is 2.17. The highest BCUT2D eigenvalue weighted by molar-refractivity contribution is 4.86. The maximum atomic E-state index is 3.56. The number of nitrogens with one attached hydrogen (secondary N) is 1. The van der Waals surface area contributed by atoms with Crippen molar-refractivity contribution in [1.29, 1.82) is 0 Å². The first-order chi connectivity index (χ1) is 7.07. The van der Waals surface area contributed by atoms with Crippen LogP contribution in [0.4, 0.5) is 0 Å². The lowest BCUT2D eigenvalue weighted by Crippen LogP contribution is -2.51. The number of rotatable bonds is 1. The van der Waals surface area contributed by atoms with E-state index in [0.717, 1.165) is 12.0 Å². The van der Waals surface area contributed by atoms with Crippen molar-refractivity contribution in [3.8, 4) is 0 Å². The Balaban J connectivity index is 1.84. The summed E-state index contributed by atoms with van der Waals surface area (Å²) in [4.78, 5) is 2.72. The Labute approximate surface area is 94.4 Å². The highest BCUT2D eigenvalue weighted by atomic mass is 15.2. The number of hydrogen-bond donors (Lipinski definition) is 1. The summed E-state index contributed by atoms with van der Waals surface area (Å²) in [5.41, 5.74) is 0.588. The smallest absolute Gasteiger partial charge is 0.0223 e. The molecule has 0 spiro atoms. The van der Waals surface area contributed by atoms with E-state index in [4.69, 9.17) is 0 Å². The van der Waals surface area contributed by atoms with Gasteiger partial charge in [-0.1, -0.05) is 20.8 Å². The van der Waals surface area contributed by atoms with Crippen LogP contribution in [-0.2, 0) is 0 Å². The van der Waals surface area contributed by atoms with Gasteiger partial charge in [0.25, 0.3) is 0 Å². The van der Waals surface area contributed by atoms with E-state index >= 15 is 0 Å². The minimum atomic E-state index is 0.588. The van der Waals surface area contributed by atoms with Crippen LogP contribution >= 0.6 is 0 Å². The zero-order valence-corrected chi connectivity index (χ0v) is 10.6. The van der Waals surface area contributed by atoms with Crippen molar-refractivity contribution in [2.24, 2.45) is 11.3 Å². The van der Waals surface area contributed by atoms with Crippen molar-refractivity contribution in [3.63, 3.8) is 0 Å². The number of hydrogen-bond acceptors (Lipinski definition) is 2. The van der Waals surface area contributed by atoms with E-state index in [-0.39, 0.29) is 0 Å². The second-order valence-electron chi connectivity index (χ2n) is 6.35. The first kappa shape index (κ1) is 11.4. The van der Waals surface area contributed by atoms with E-state index in [2.05, 4.69) is 31.0 Å². The molecule has 88 valence electrons. The van der Waals surface area contributed by atoms with E-state index in [1.54, 1.807) is 0 Å². The summed E-state index contributed by atoms with van der Waals surface area (Å²) in [7, 11) is 0. The molecule has 0 aromatic heterocycles. The van der Waals surface area contributed by atoms with Crippen molar-refractivity contribution in [1.82, 2.24) is 10.2 Å². The fourth-order valence-electron chi connectivity index (χ4n) is 2.90. The first-order valence-corrected chi connectivity index (χ1v) is 6.52. The highest BCUT2D eigenvalue weighted by Crippen LogP contribution is 2.31. The van der Waals surface area contributed by atoms with Gasteiger partial charge < -0.3 is 5.32 Å². The topological polar surface area (TPSA) is 15.3 Å². The van der Waals surface area contributed by atoms with Crippen LogP contribution in [0, 0.1) is 11.3 Å². The molecule has 2 atom stereocenters. The molecule has 2 aliphatic heterocycles. The van der Waals surface area contributed by atoms with Crippen LogP contribution in [0.15, 0.2) is 0 Å². The number of likely N-dealkylation sites (tertiary alicyclic amines) is 1.